The van der Waals surface area contributed by atoms with Crippen molar-refractivity contribution in [3.63, 3.8) is 0 Å². The molecule has 0 spiro atoms. The van der Waals surface area contributed by atoms with Crippen LogP contribution in [0.25, 0.3) is 0 Å². The second-order valence-corrected chi connectivity index (χ2v) is 8.31. The maximum atomic E-state index is 14.1. The van der Waals surface area contributed by atoms with Crippen LogP contribution >= 0.6 is 0 Å². The Morgan fingerprint density at radius 3 is 1.91 bits per heavy atom. The first-order valence-corrected chi connectivity index (χ1v) is 11.6. The third-order valence-corrected chi connectivity index (χ3v) is 5.89. The minimum Gasteiger partial charge on any atom is -0.383 e. The van der Waals surface area contributed by atoms with Gasteiger partial charge in [0, 0.05) is 6.54 Å². The van der Waals surface area contributed by atoms with Crippen molar-refractivity contribution in [2.45, 2.75) is 25.8 Å². The van der Waals surface area contributed by atoms with Crippen molar-refractivity contribution in [1.82, 2.24) is 9.55 Å². The van der Waals surface area contributed by atoms with E-state index in [1.807, 2.05) is 97.9 Å². The van der Waals surface area contributed by atoms with E-state index in [1.165, 1.54) is 9.47 Å². The van der Waals surface area contributed by atoms with Gasteiger partial charge in [-0.1, -0.05) is 97.9 Å². The van der Waals surface area contributed by atoms with Gasteiger partial charge in [-0.05, 0) is 23.1 Å². The number of carbonyl (C=O) groups is 1. The Morgan fingerprint density at radius 1 is 0.886 bits per heavy atom. The van der Waals surface area contributed by atoms with Gasteiger partial charge in [-0.2, -0.15) is 0 Å². The number of hydrogen-bond donors (Lipinski definition) is 2. The van der Waals surface area contributed by atoms with E-state index < -0.39 is 17.2 Å². The third-order valence-electron chi connectivity index (χ3n) is 5.89. The molecule has 0 radical (unpaired) electrons. The molecule has 0 saturated carbocycles. The summed E-state index contributed by atoms with van der Waals surface area (Å²) in [5.74, 6) is -0.965. The number of hydrogen-bond acceptors (Lipinski definition) is 4. The maximum Gasteiger partial charge on any atom is 0.330 e. The predicted octanol–water partition coefficient (Wildman–Crippen LogP) is 3.74. The molecule has 0 aliphatic heterocycles. The van der Waals surface area contributed by atoms with Crippen molar-refractivity contribution in [3.05, 3.63) is 129 Å². The van der Waals surface area contributed by atoms with E-state index in [1.54, 1.807) is 0 Å². The largest absolute Gasteiger partial charge is 0.383 e. The molecule has 7 heteroatoms. The van der Waals surface area contributed by atoms with Gasteiger partial charge in [-0.25, -0.2) is 4.79 Å². The molecule has 0 aliphatic rings. The average Bonchev–Trinajstić information content (AvgIpc) is 2.88. The number of nitrogens with one attached hydrogen (secondary N) is 1. The van der Waals surface area contributed by atoms with Crippen molar-refractivity contribution in [2.75, 3.05) is 17.2 Å². The lowest BCUT2D eigenvalue weighted by molar-refractivity contribution is -0.119. The summed E-state index contributed by atoms with van der Waals surface area (Å²) >= 11 is 0. The maximum absolute atomic E-state index is 14.1. The Balaban J connectivity index is 1.84. The topological polar surface area (TPSA) is 101 Å². The van der Waals surface area contributed by atoms with Gasteiger partial charge < -0.3 is 10.6 Å². The van der Waals surface area contributed by atoms with Crippen molar-refractivity contribution in [2.24, 2.45) is 0 Å². The molecule has 3 aromatic carbocycles. The lowest BCUT2D eigenvalue weighted by Gasteiger charge is -2.28. The number of carbonyl (C=O) groups excluding carboxylic acids is 1. The lowest BCUT2D eigenvalue weighted by atomic mass is 9.90. The van der Waals surface area contributed by atoms with Gasteiger partial charge in [0.1, 0.15) is 5.82 Å². The average molecular weight is 469 g/mol. The first-order chi connectivity index (χ1) is 17.0. The Morgan fingerprint density at radius 2 is 1.40 bits per heavy atom. The molecule has 0 bridgehead atoms. The number of nitrogens with two attached hydrogens (primary N) is 1. The minimum absolute atomic E-state index is 0.00996. The molecule has 3 N–H and O–H groups in total. The fourth-order valence-corrected chi connectivity index (χ4v) is 4.24. The van der Waals surface area contributed by atoms with Crippen LogP contribution in [0.4, 0.5) is 11.5 Å². The van der Waals surface area contributed by atoms with E-state index in [0.29, 0.717) is 6.42 Å². The van der Waals surface area contributed by atoms with Crippen LogP contribution in [-0.4, -0.2) is 22.0 Å². The number of H-pyrrole nitrogens is 1. The zero-order valence-corrected chi connectivity index (χ0v) is 19.6. The van der Waals surface area contributed by atoms with Crippen molar-refractivity contribution in [3.8, 4) is 0 Å². The van der Waals surface area contributed by atoms with E-state index in [2.05, 4.69) is 4.98 Å². The Labute approximate surface area is 203 Å². The summed E-state index contributed by atoms with van der Waals surface area (Å²) in [6, 6.07) is 28.2. The molecule has 0 saturated heterocycles. The number of aromatic nitrogens is 2. The Bertz CT molecular complexity index is 1360. The molecule has 35 heavy (non-hydrogen) atoms. The summed E-state index contributed by atoms with van der Waals surface area (Å²) < 4.78 is 1.29. The first kappa shape index (κ1) is 23.8. The first-order valence-electron chi connectivity index (χ1n) is 11.6. The second kappa shape index (κ2) is 10.7. The number of amides is 1. The normalized spacial score (nSPS) is 10.9. The molecule has 7 nitrogen and oxygen atoms in total. The second-order valence-electron chi connectivity index (χ2n) is 8.31. The molecule has 4 aromatic rings. The summed E-state index contributed by atoms with van der Waals surface area (Å²) in [5, 5.41) is 0. The van der Waals surface area contributed by atoms with Crippen LogP contribution in [0.2, 0.25) is 0 Å². The highest BCUT2D eigenvalue weighted by molar-refractivity contribution is 6.01. The smallest absolute Gasteiger partial charge is 0.330 e. The van der Waals surface area contributed by atoms with Gasteiger partial charge in [-0.15, -0.1) is 0 Å². The molecule has 1 aromatic heterocycles. The van der Waals surface area contributed by atoms with E-state index in [9.17, 15) is 14.4 Å². The fraction of sp³-hybridized carbons (Fsp3) is 0.179. The zero-order chi connectivity index (χ0) is 24.8. The number of anilines is 2. The van der Waals surface area contributed by atoms with E-state index in [-0.39, 0.29) is 30.5 Å². The Kier molecular flexibility index (Phi) is 7.26. The summed E-state index contributed by atoms with van der Waals surface area (Å²) in [5.41, 5.74) is 7.57. The molecule has 178 valence electrons. The molecule has 0 atom stereocenters. The molecule has 0 aliphatic carbocycles. The van der Waals surface area contributed by atoms with Crippen LogP contribution in [0.3, 0.4) is 0 Å². The van der Waals surface area contributed by atoms with Crippen LogP contribution < -0.4 is 21.9 Å². The lowest BCUT2D eigenvalue weighted by Crippen LogP contribution is -2.43. The van der Waals surface area contributed by atoms with Crippen LogP contribution in [0.1, 0.15) is 36.0 Å². The van der Waals surface area contributed by atoms with Gasteiger partial charge in [0.2, 0.25) is 5.91 Å². The summed E-state index contributed by atoms with van der Waals surface area (Å²) in [7, 11) is 0. The Hall–Kier alpha value is -4.39. The third kappa shape index (κ3) is 5.09. The molecule has 0 fully saturated rings. The quantitative estimate of drug-likeness (QED) is 0.411. The molecule has 0 unspecified atom stereocenters. The number of benzene rings is 3. The number of aromatic amines is 1. The standard InChI is InChI=1S/C28H28N4O3/c1-2-18-31(27(34)23(21-14-8-4-9-15-21)22-16-10-5-11-17-22)24-25(29)32(28(35)30-26(24)33)19-20-12-6-3-7-13-20/h3-17,23H,2,18-19,29H2,1H3,(H,30,33,35). The van der Waals surface area contributed by atoms with Crippen molar-refractivity contribution < 1.29 is 4.79 Å². The van der Waals surface area contributed by atoms with Gasteiger partial charge in [0.15, 0.2) is 5.69 Å². The van der Waals surface area contributed by atoms with Crippen molar-refractivity contribution in [1.29, 1.82) is 0 Å². The van der Waals surface area contributed by atoms with Crippen LogP contribution in [-0.2, 0) is 11.3 Å². The monoisotopic (exact) mass is 468 g/mol. The molecular formula is C28H28N4O3. The summed E-state index contributed by atoms with van der Waals surface area (Å²) in [6.07, 6.45) is 0.596. The fourth-order valence-electron chi connectivity index (χ4n) is 4.24. The zero-order valence-electron chi connectivity index (χ0n) is 19.6. The predicted molar refractivity (Wildman–Crippen MR) is 139 cm³/mol. The minimum atomic E-state index is -0.682. The highest BCUT2D eigenvalue weighted by Gasteiger charge is 2.31. The van der Waals surface area contributed by atoms with Gasteiger partial charge in [-0.3, -0.25) is 19.1 Å². The van der Waals surface area contributed by atoms with E-state index in [0.717, 1.165) is 16.7 Å². The highest BCUT2D eigenvalue weighted by atomic mass is 16.2. The number of nitrogen functional groups attached to an aromatic ring is 1. The van der Waals surface area contributed by atoms with Gasteiger partial charge in [0.05, 0.1) is 12.5 Å². The molecular weight excluding hydrogens is 440 g/mol. The van der Waals surface area contributed by atoms with Crippen LogP contribution in [0.5, 0.6) is 0 Å². The van der Waals surface area contributed by atoms with E-state index in [4.69, 9.17) is 5.73 Å². The highest BCUT2D eigenvalue weighted by Crippen LogP contribution is 2.30. The SMILES string of the molecule is CCCN(C(=O)C(c1ccccc1)c1ccccc1)c1c(N)n(Cc2ccccc2)c(=O)[nH]c1=O. The number of rotatable bonds is 8. The van der Waals surface area contributed by atoms with Gasteiger partial charge >= 0.3 is 5.69 Å². The van der Waals surface area contributed by atoms with Crippen LogP contribution in [0, 0.1) is 0 Å². The summed E-state index contributed by atoms with van der Waals surface area (Å²) in [6.45, 7) is 2.36. The van der Waals surface area contributed by atoms with Gasteiger partial charge in [0.25, 0.3) is 5.56 Å². The molecule has 1 amide bonds. The number of nitrogens with zero attached hydrogens (tertiary/aromatic N) is 2. The van der Waals surface area contributed by atoms with Crippen molar-refractivity contribution >= 4 is 17.4 Å². The summed E-state index contributed by atoms with van der Waals surface area (Å²) in [4.78, 5) is 43.6. The molecule has 1 heterocycles. The molecule has 4 rings (SSSR count). The van der Waals surface area contributed by atoms with E-state index >= 15 is 0 Å². The van der Waals surface area contributed by atoms with Crippen LogP contribution in [0.15, 0.2) is 101 Å².